The van der Waals surface area contributed by atoms with Gasteiger partial charge in [0.2, 0.25) is 0 Å². The van der Waals surface area contributed by atoms with Crippen molar-refractivity contribution in [2.75, 3.05) is 11.4 Å². The molecule has 0 aliphatic carbocycles. The highest BCUT2D eigenvalue weighted by Crippen LogP contribution is 2.31. The van der Waals surface area contributed by atoms with Gasteiger partial charge in [0.1, 0.15) is 5.82 Å². The van der Waals surface area contributed by atoms with Gasteiger partial charge in [0.15, 0.2) is 0 Å². The molecule has 1 aliphatic rings. The van der Waals surface area contributed by atoms with Gasteiger partial charge in [0.25, 0.3) is 0 Å². The summed E-state index contributed by atoms with van der Waals surface area (Å²) in [5, 5.41) is 3.57. The summed E-state index contributed by atoms with van der Waals surface area (Å²) in [5.41, 5.74) is 1.39. The maximum absolute atomic E-state index is 4.68. The Morgan fingerprint density at radius 2 is 2.10 bits per heavy atom. The lowest BCUT2D eigenvalue weighted by atomic mass is 10.1. The third-order valence-corrected chi connectivity index (χ3v) is 4.21. The monoisotopic (exact) mass is 339 g/mol. The Hall–Kier alpha value is -0.610. The summed E-state index contributed by atoms with van der Waals surface area (Å²) >= 11 is 3.54. The Balaban J connectivity index is 2.24. The van der Waals surface area contributed by atoms with Crippen molar-refractivity contribution in [3.05, 3.63) is 22.3 Å². The van der Waals surface area contributed by atoms with Crippen LogP contribution in [-0.4, -0.2) is 23.1 Å². The fourth-order valence-corrected chi connectivity index (χ4v) is 3.20. The maximum atomic E-state index is 4.68. The summed E-state index contributed by atoms with van der Waals surface area (Å²) < 4.78 is 1.05. The molecule has 112 valence electrons. The highest BCUT2D eigenvalue weighted by Gasteiger charge is 2.28. The molecule has 0 amide bonds. The van der Waals surface area contributed by atoms with Crippen LogP contribution in [0.3, 0.4) is 0 Å². The second-order valence-corrected chi connectivity index (χ2v) is 8.00. The van der Waals surface area contributed by atoms with E-state index in [1.54, 1.807) is 0 Å². The molecule has 0 radical (unpaired) electrons. The van der Waals surface area contributed by atoms with Gasteiger partial charge in [0.05, 0.1) is 0 Å². The van der Waals surface area contributed by atoms with Crippen molar-refractivity contribution >= 4 is 21.7 Å². The Bertz CT molecular complexity index is 467. The number of pyridine rings is 1. The molecule has 1 aromatic rings. The molecule has 2 atom stereocenters. The average Bonchev–Trinajstić information content (AvgIpc) is 2.65. The van der Waals surface area contributed by atoms with E-state index < -0.39 is 0 Å². The molecule has 4 heteroatoms. The molecule has 2 heterocycles. The van der Waals surface area contributed by atoms with Gasteiger partial charge in [-0.3, -0.25) is 0 Å². The first kappa shape index (κ1) is 15.8. The number of nitrogens with zero attached hydrogens (tertiary/aromatic N) is 2. The van der Waals surface area contributed by atoms with Crippen molar-refractivity contribution in [2.45, 2.75) is 59.2 Å². The molecule has 1 saturated heterocycles. The summed E-state index contributed by atoms with van der Waals surface area (Å²) in [6.45, 7) is 13.2. The van der Waals surface area contributed by atoms with Crippen LogP contribution in [-0.2, 0) is 6.54 Å². The van der Waals surface area contributed by atoms with Gasteiger partial charge in [-0.15, -0.1) is 0 Å². The van der Waals surface area contributed by atoms with E-state index in [0.717, 1.165) is 29.3 Å². The van der Waals surface area contributed by atoms with Gasteiger partial charge >= 0.3 is 0 Å². The zero-order valence-electron chi connectivity index (χ0n) is 13.2. The summed E-state index contributed by atoms with van der Waals surface area (Å²) in [6.07, 6.45) is 3.16. The zero-order chi connectivity index (χ0) is 14.9. The van der Waals surface area contributed by atoms with Crippen molar-refractivity contribution in [1.82, 2.24) is 10.3 Å². The van der Waals surface area contributed by atoms with E-state index in [1.165, 1.54) is 12.0 Å². The Morgan fingerprint density at radius 1 is 1.40 bits per heavy atom. The average molecular weight is 340 g/mol. The van der Waals surface area contributed by atoms with Crippen LogP contribution in [0.4, 0.5) is 5.82 Å². The lowest BCUT2D eigenvalue weighted by molar-refractivity contribution is 0.424. The highest BCUT2D eigenvalue weighted by atomic mass is 79.9. The number of anilines is 1. The molecule has 0 aromatic carbocycles. The van der Waals surface area contributed by atoms with Crippen molar-refractivity contribution in [3.63, 3.8) is 0 Å². The molecule has 0 spiro atoms. The molecule has 0 saturated carbocycles. The molecule has 1 fully saturated rings. The molecule has 1 aliphatic heterocycles. The minimum atomic E-state index is 0.115. The topological polar surface area (TPSA) is 28.2 Å². The molecule has 1 N–H and O–H groups in total. The lowest BCUT2D eigenvalue weighted by Crippen LogP contribution is -2.36. The standard InChI is InChI=1S/C16H26BrN3/c1-11-6-12(2)20(10-11)15-13(7-14(17)9-18-15)8-19-16(3,4)5/h7,9,11-12,19H,6,8,10H2,1-5H3. The Kier molecular flexibility index (Phi) is 4.75. The zero-order valence-corrected chi connectivity index (χ0v) is 14.8. The number of rotatable bonds is 3. The van der Waals surface area contributed by atoms with Crippen LogP contribution >= 0.6 is 15.9 Å². The van der Waals surface area contributed by atoms with Crippen LogP contribution in [0.5, 0.6) is 0 Å². The fourth-order valence-electron chi connectivity index (χ4n) is 2.82. The summed E-state index contributed by atoms with van der Waals surface area (Å²) in [4.78, 5) is 7.14. The van der Waals surface area contributed by atoms with Gasteiger partial charge in [-0.1, -0.05) is 6.92 Å². The van der Waals surface area contributed by atoms with Crippen LogP contribution in [0.25, 0.3) is 0 Å². The van der Waals surface area contributed by atoms with Gasteiger partial charge in [-0.25, -0.2) is 4.98 Å². The Morgan fingerprint density at radius 3 is 2.65 bits per heavy atom. The van der Waals surface area contributed by atoms with Crippen LogP contribution in [0.2, 0.25) is 0 Å². The van der Waals surface area contributed by atoms with E-state index in [-0.39, 0.29) is 5.54 Å². The number of nitrogens with one attached hydrogen (secondary N) is 1. The van der Waals surface area contributed by atoms with Crippen molar-refractivity contribution in [3.8, 4) is 0 Å². The number of hydrogen-bond donors (Lipinski definition) is 1. The predicted octanol–water partition coefficient (Wildman–Crippen LogP) is 3.97. The minimum Gasteiger partial charge on any atom is -0.353 e. The van der Waals surface area contributed by atoms with Gasteiger partial charge in [-0.2, -0.15) is 0 Å². The normalized spacial score (nSPS) is 23.4. The molecular weight excluding hydrogens is 314 g/mol. The molecule has 2 rings (SSSR count). The SMILES string of the molecule is CC1CC(C)N(c2ncc(Br)cc2CNC(C)(C)C)C1. The van der Waals surface area contributed by atoms with Gasteiger partial charge in [0, 0.05) is 40.9 Å². The van der Waals surface area contributed by atoms with E-state index in [0.29, 0.717) is 6.04 Å². The van der Waals surface area contributed by atoms with Crippen LogP contribution in [0, 0.1) is 5.92 Å². The lowest BCUT2D eigenvalue weighted by Gasteiger charge is -2.27. The van der Waals surface area contributed by atoms with Crippen molar-refractivity contribution in [2.24, 2.45) is 5.92 Å². The number of halogens is 1. The van der Waals surface area contributed by atoms with Crippen LogP contribution < -0.4 is 10.2 Å². The third-order valence-electron chi connectivity index (χ3n) is 3.77. The van der Waals surface area contributed by atoms with E-state index in [2.05, 4.69) is 71.8 Å². The maximum Gasteiger partial charge on any atom is 0.133 e. The van der Waals surface area contributed by atoms with E-state index in [9.17, 15) is 0 Å². The minimum absolute atomic E-state index is 0.115. The second-order valence-electron chi connectivity index (χ2n) is 7.08. The molecule has 2 unspecified atom stereocenters. The van der Waals surface area contributed by atoms with Crippen molar-refractivity contribution in [1.29, 1.82) is 0 Å². The third kappa shape index (κ3) is 3.95. The van der Waals surface area contributed by atoms with E-state index >= 15 is 0 Å². The first-order chi connectivity index (χ1) is 9.26. The molecule has 1 aromatic heterocycles. The number of hydrogen-bond acceptors (Lipinski definition) is 3. The highest BCUT2D eigenvalue weighted by molar-refractivity contribution is 9.10. The number of aromatic nitrogens is 1. The van der Waals surface area contributed by atoms with Crippen LogP contribution in [0.1, 0.15) is 46.6 Å². The smallest absolute Gasteiger partial charge is 0.133 e. The second kappa shape index (κ2) is 6.02. The summed E-state index contributed by atoms with van der Waals surface area (Å²) in [6, 6.07) is 2.77. The van der Waals surface area contributed by atoms with E-state index in [1.807, 2.05) is 6.20 Å². The summed E-state index contributed by atoms with van der Waals surface area (Å²) in [5.74, 6) is 1.89. The largest absolute Gasteiger partial charge is 0.353 e. The molecule has 3 nitrogen and oxygen atoms in total. The Labute approximate surface area is 131 Å². The molecular formula is C16H26BrN3. The van der Waals surface area contributed by atoms with E-state index in [4.69, 9.17) is 0 Å². The molecule has 20 heavy (non-hydrogen) atoms. The fraction of sp³-hybridized carbons (Fsp3) is 0.688. The summed E-state index contributed by atoms with van der Waals surface area (Å²) in [7, 11) is 0. The first-order valence-corrected chi connectivity index (χ1v) is 8.21. The predicted molar refractivity (Wildman–Crippen MR) is 89.1 cm³/mol. The first-order valence-electron chi connectivity index (χ1n) is 7.42. The van der Waals surface area contributed by atoms with Crippen LogP contribution in [0.15, 0.2) is 16.7 Å². The quantitative estimate of drug-likeness (QED) is 0.903. The van der Waals surface area contributed by atoms with Gasteiger partial charge < -0.3 is 10.2 Å². The van der Waals surface area contributed by atoms with Crippen molar-refractivity contribution < 1.29 is 0 Å². The van der Waals surface area contributed by atoms with Gasteiger partial charge in [-0.05, 0) is 62.0 Å². The molecule has 0 bridgehead atoms.